The Labute approximate surface area is 167 Å². The van der Waals surface area contributed by atoms with Gasteiger partial charge in [-0.05, 0) is 43.9 Å². The molecule has 5 heteroatoms. The third kappa shape index (κ3) is 3.08. The molecule has 2 bridgehead atoms. The van der Waals surface area contributed by atoms with Crippen molar-refractivity contribution in [3.8, 4) is 0 Å². The smallest absolute Gasteiger partial charge is 0.240 e. The Morgan fingerprint density at radius 3 is 2.46 bits per heavy atom. The average Bonchev–Trinajstić information content (AvgIpc) is 3.39. The summed E-state index contributed by atoms with van der Waals surface area (Å²) in [6.07, 6.45) is 4.05. The lowest BCUT2D eigenvalue weighted by Crippen LogP contribution is -2.52. The van der Waals surface area contributed by atoms with Crippen molar-refractivity contribution < 1.29 is 4.79 Å². The quantitative estimate of drug-likeness (QED) is 0.823. The minimum atomic E-state index is 0.0635. The average molecular weight is 377 g/mol. The summed E-state index contributed by atoms with van der Waals surface area (Å²) in [5, 5.41) is 0. The van der Waals surface area contributed by atoms with Crippen LogP contribution in [0, 0.1) is 13.8 Å². The molecule has 3 atom stereocenters. The zero-order valence-electron chi connectivity index (χ0n) is 16.7. The number of carbonyl (C=O) groups is 1. The number of aryl methyl sites for hydroxylation is 2. The lowest BCUT2D eigenvalue weighted by molar-refractivity contribution is -0.133. The highest BCUT2D eigenvalue weighted by molar-refractivity contribution is 5.84. The monoisotopic (exact) mass is 376 g/mol. The van der Waals surface area contributed by atoms with Crippen LogP contribution in [-0.4, -0.2) is 58.5 Å². The number of anilines is 1. The third-order valence-electron chi connectivity index (χ3n) is 6.64. The number of hydrogen-bond acceptors (Lipinski definition) is 4. The summed E-state index contributed by atoms with van der Waals surface area (Å²) in [5.74, 6) is 1.39. The highest BCUT2D eigenvalue weighted by atomic mass is 16.2. The van der Waals surface area contributed by atoms with E-state index in [1.807, 2.05) is 11.1 Å². The molecule has 0 aliphatic carbocycles. The number of hydrogen-bond donors (Lipinski definition) is 0. The number of rotatable bonds is 4. The summed E-state index contributed by atoms with van der Waals surface area (Å²) >= 11 is 0. The van der Waals surface area contributed by atoms with E-state index < -0.39 is 0 Å². The van der Waals surface area contributed by atoms with E-state index >= 15 is 0 Å². The van der Waals surface area contributed by atoms with Gasteiger partial charge in [-0.2, -0.15) is 0 Å². The number of fused-ring (bicyclic) bond motifs is 2. The van der Waals surface area contributed by atoms with Gasteiger partial charge in [0, 0.05) is 44.5 Å². The predicted molar refractivity (Wildman–Crippen MR) is 110 cm³/mol. The van der Waals surface area contributed by atoms with Crippen molar-refractivity contribution in [2.45, 2.75) is 51.4 Å². The van der Waals surface area contributed by atoms with Crippen molar-refractivity contribution >= 4 is 11.7 Å². The van der Waals surface area contributed by atoms with Gasteiger partial charge >= 0.3 is 0 Å². The second-order valence-electron chi connectivity index (χ2n) is 8.64. The van der Waals surface area contributed by atoms with Gasteiger partial charge in [-0.3, -0.25) is 9.69 Å². The maximum atomic E-state index is 13.1. The number of likely N-dealkylation sites (tertiary alicyclic amines) is 2. The summed E-state index contributed by atoms with van der Waals surface area (Å²) in [6, 6.07) is 13.8. The number of benzene rings is 1. The molecule has 3 aliphatic heterocycles. The molecule has 3 aliphatic rings. The van der Waals surface area contributed by atoms with E-state index in [-0.39, 0.29) is 6.04 Å². The zero-order chi connectivity index (χ0) is 19.3. The molecule has 1 amide bonds. The van der Waals surface area contributed by atoms with Crippen LogP contribution in [-0.2, 0) is 11.3 Å². The van der Waals surface area contributed by atoms with Gasteiger partial charge in [-0.25, -0.2) is 4.98 Å². The molecule has 146 valence electrons. The van der Waals surface area contributed by atoms with Crippen molar-refractivity contribution in [1.29, 1.82) is 0 Å². The first kappa shape index (κ1) is 17.7. The van der Waals surface area contributed by atoms with Crippen molar-refractivity contribution in [2.24, 2.45) is 0 Å². The lowest BCUT2D eigenvalue weighted by Gasteiger charge is -2.37. The number of pyridine rings is 1. The first-order chi connectivity index (χ1) is 13.6. The van der Waals surface area contributed by atoms with E-state index in [1.165, 1.54) is 16.7 Å². The molecule has 28 heavy (non-hydrogen) atoms. The molecule has 2 aromatic rings. The van der Waals surface area contributed by atoms with Crippen LogP contribution >= 0.6 is 0 Å². The fourth-order valence-electron chi connectivity index (χ4n) is 5.09. The zero-order valence-corrected chi connectivity index (χ0v) is 16.7. The standard InChI is InChI=1S/C23H28N4O/c1-16-3-6-18(7-4-16)13-25-10-9-21(23(25)28)26-14-20-11-19(26)15-27(20)22-8-5-17(2)12-24-22/h3-8,12,19-21H,9-11,13-15H2,1-2H3/t19-,20-,21?/m0/s1. The maximum Gasteiger partial charge on any atom is 0.240 e. The normalized spacial score (nSPS) is 27.2. The maximum absolute atomic E-state index is 13.1. The van der Waals surface area contributed by atoms with Crippen LogP contribution in [0.4, 0.5) is 5.82 Å². The summed E-state index contributed by atoms with van der Waals surface area (Å²) in [4.78, 5) is 24.7. The third-order valence-corrected chi connectivity index (χ3v) is 6.64. The van der Waals surface area contributed by atoms with E-state index in [0.29, 0.717) is 18.0 Å². The van der Waals surface area contributed by atoms with Crippen LogP contribution in [0.15, 0.2) is 42.6 Å². The molecule has 3 saturated heterocycles. The van der Waals surface area contributed by atoms with Gasteiger partial charge in [0.1, 0.15) is 5.82 Å². The number of aromatic nitrogens is 1. The molecule has 1 aromatic heterocycles. The summed E-state index contributed by atoms with van der Waals surface area (Å²) in [7, 11) is 0. The van der Waals surface area contributed by atoms with Crippen LogP contribution in [0.5, 0.6) is 0 Å². The summed E-state index contributed by atoms with van der Waals surface area (Å²) in [5.41, 5.74) is 3.68. The number of amides is 1. The minimum absolute atomic E-state index is 0.0635. The molecule has 0 spiro atoms. The van der Waals surface area contributed by atoms with Crippen molar-refractivity contribution in [1.82, 2.24) is 14.8 Å². The van der Waals surface area contributed by atoms with E-state index in [2.05, 4.69) is 65.0 Å². The molecular weight excluding hydrogens is 348 g/mol. The van der Waals surface area contributed by atoms with Gasteiger partial charge in [-0.1, -0.05) is 35.9 Å². The molecule has 0 radical (unpaired) electrons. The predicted octanol–water partition coefficient (Wildman–Crippen LogP) is 2.76. The van der Waals surface area contributed by atoms with Gasteiger partial charge in [0.15, 0.2) is 0 Å². The largest absolute Gasteiger partial charge is 0.351 e. The SMILES string of the molecule is Cc1ccc(CN2CCC(N3C[C@@H]4C[C@H]3CN4c3ccc(C)cn3)C2=O)cc1. The Kier molecular flexibility index (Phi) is 4.35. The Balaban J connectivity index is 1.23. The summed E-state index contributed by atoms with van der Waals surface area (Å²) in [6.45, 7) is 7.74. The fraction of sp³-hybridized carbons (Fsp3) is 0.478. The summed E-state index contributed by atoms with van der Waals surface area (Å²) < 4.78 is 0. The molecule has 5 rings (SSSR count). The minimum Gasteiger partial charge on any atom is -0.351 e. The highest BCUT2D eigenvalue weighted by Crippen LogP contribution is 2.37. The van der Waals surface area contributed by atoms with E-state index in [0.717, 1.165) is 44.8 Å². The molecular formula is C23H28N4O. The first-order valence-electron chi connectivity index (χ1n) is 10.4. The highest BCUT2D eigenvalue weighted by Gasteiger charge is 2.49. The second-order valence-corrected chi connectivity index (χ2v) is 8.64. The van der Waals surface area contributed by atoms with Gasteiger partial charge in [0.25, 0.3) is 0 Å². The molecule has 1 unspecified atom stereocenters. The topological polar surface area (TPSA) is 39.7 Å². The van der Waals surface area contributed by atoms with Gasteiger partial charge in [0.05, 0.1) is 6.04 Å². The van der Waals surface area contributed by atoms with Crippen LogP contribution in [0.25, 0.3) is 0 Å². The molecule has 5 nitrogen and oxygen atoms in total. The van der Waals surface area contributed by atoms with Crippen molar-refractivity contribution in [3.63, 3.8) is 0 Å². The van der Waals surface area contributed by atoms with Crippen LogP contribution < -0.4 is 4.90 Å². The number of piperazine rings is 1. The van der Waals surface area contributed by atoms with Crippen LogP contribution in [0.2, 0.25) is 0 Å². The van der Waals surface area contributed by atoms with Gasteiger partial charge < -0.3 is 9.80 Å². The van der Waals surface area contributed by atoms with Gasteiger partial charge in [0.2, 0.25) is 5.91 Å². The molecule has 3 fully saturated rings. The van der Waals surface area contributed by atoms with Crippen molar-refractivity contribution in [3.05, 3.63) is 59.3 Å². The number of nitrogens with zero attached hydrogens (tertiary/aromatic N) is 4. The molecule has 0 N–H and O–H groups in total. The Bertz CT molecular complexity index is 863. The Morgan fingerprint density at radius 2 is 1.79 bits per heavy atom. The van der Waals surface area contributed by atoms with E-state index in [4.69, 9.17) is 0 Å². The lowest BCUT2D eigenvalue weighted by atomic mass is 10.1. The molecule has 4 heterocycles. The van der Waals surface area contributed by atoms with Crippen LogP contribution in [0.3, 0.4) is 0 Å². The van der Waals surface area contributed by atoms with E-state index in [9.17, 15) is 4.79 Å². The van der Waals surface area contributed by atoms with Crippen LogP contribution in [0.1, 0.15) is 29.5 Å². The number of carbonyl (C=O) groups excluding carboxylic acids is 1. The Morgan fingerprint density at radius 1 is 1.00 bits per heavy atom. The Hall–Kier alpha value is -2.40. The second kappa shape index (κ2) is 6.89. The van der Waals surface area contributed by atoms with E-state index in [1.54, 1.807) is 0 Å². The molecule has 1 aromatic carbocycles. The molecule has 0 saturated carbocycles. The first-order valence-corrected chi connectivity index (χ1v) is 10.4. The fourth-order valence-corrected chi connectivity index (χ4v) is 5.09. The van der Waals surface area contributed by atoms with Gasteiger partial charge in [-0.15, -0.1) is 0 Å². The van der Waals surface area contributed by atoms with Crippen molar-refractivity contribution in [2.75, 3.05) is 24.5 Å².